The molecule has 1 N–H and O–H groups in total. The number of amides is 1. The van der Waals surface area contributed by atoms with Crippen LogP contribution in [-0.2, 0) is 19.1 Å². The van der Waals surface area contributed by atoms with Crippen molar-refractivity contribution in [2.45, 2.75) is 26.9 Å². The fourth-order valence-electron chi connectivity index (χ4n) is 2.51. The summed E-state index contributed by atoms with van der Waals surface area (Å²) < 4.78 is 21.4. The summed E-state index contributed by atoms with van der Waals surface area (Å²) in [5, 5.41) is 2.53. The number of ether oxygens (including phenoxy) is 4. The molecule has 2 rings (SSSR count). The Balaban J connectivity index is 2.40. The number of hydrogen-bond acceptors (Lipinski definition) is 7. The first-order valence-electron chi connectivity index (χ1n) is 9.43. The number of fused-ring (bicyclic) bond motifs is 1. The van der Waals surface area contributed by atoms with Crippen molar-refractivity contribution < 1.29 is 33.3 Å². The maximum atomic E-state index is 13.1. The van der Waals surface area contributed by atoms with Gasteiger partial charge in [-0.05, 0) is 26.8 Å². The molecule has 0 radical (unpaired) electrons. The number of hydrogen-bond donors (Lipinski definition) is 1. The van der Waals surface area contributed by atoms with E-state index in [1.165, 1.54) is 25.3 Å². The first-order chi connectivity index (χ1) is 15.0. The Morgan fingerprint density at radius 2 is 2.00 bits per heavy atom. The highest BCUT2D eigenvalue weighted by molar-refractivity contribution is 6.10. The fourth-order valence-corrected chi connectivity index (χ4v) is 2.51. The van der Waals surface area contributed by atoms with Crippen molar-refractivity contribution in [2.75, 3.05) is 19.0 Å². The number of terminal acetylenes is 2. The molecule has 0 saturated heterocycles. The molecule has 1 atom stereocenters. The van der Waals surface area contributed by atoms with Gasteiger partial charge in [-0.3, -0.25) is 9.59 Å². The lowest BCUT2D eigenvalue weighted by Crippen LogP contribution is -2.31. The third-order valence-corrected chi connectivity index (χ3v) is 4.24. The number of rotatable bonds is 6. The molecule has 1 aromatic rings. The second kappa shape index (κ2) is 9.76. The lowest BCUT2D eigenvalue weighted by Gasteiger charge is -2.24. The molecule has 8 heteroatoms. The maximum absolute atomic E-state index is 13.1. The van der Waals surface area contributed by atoms with Crippen LogP contribution in [-0.4, -0.2) is 37.7 Å². The van der Waals surface area contributed by atoms with Crippen LogP contribution in [0.3, 0.4) is 0 Å². The van der Waals surface area contributed by atoms with Gasteiger partial charge in [0.2, 0.25) is 0 Å². The smallest absolute Gasteiger partial charge is 0.341 e. The molecule has 1 aliphatic heterocycles. The zero-order chi connectivity index (χ0) is 24.1. The molecule has 166 valence electrons. The van der Waals surface area contributed by atoms with Gasteiger partial charge >= 0.3 is 11.9 Å². The number of carbonyl (C=O) groups is 3. The average molecular weight is 437 g/mol. The van der Waals surface area contributed by atoms with E-state index in [0.717, 1.165) is 0 Å². The lowest BCUT2D eigenvalue weighted by atomic mass is 9.97. The zero-order valence-corrected chi connectivity index (χ0v) is 18.2. The van der Waals surface area contributed by atoms with Gasteiger partial charge in [-0.25, -0.2) is 4.79 Å². The molecule has 0 aliphatic carbocycles. The number of methoxy groups -OCH3 is 1. The Hall–Kier alpha value is -4.17. The standard InChI is InChI=1S/C24H23NO7/c1-8-10-15(9-2)19(13-30-23(28)24(4,5)6)32-22(27)17-11-16(29-7)12-18-20(17)25-21(26)14(3)31-18/h1-2,10-12,19H,3,13H2,4-7H3,(H,25,26)/b15-10-/t19-/m0/s1. The molecule has 0 aromatic heterocycles. The van der Waals surface area contributed by atoms with Gasteiger partial charge in [0.05, 0.1) is 29.3 Å². The van der Waals surface area contributed by atoms with Crippen LogP contribution in [0.5, 0.6) is 11.5 Å². The van der Waals surface area contributed by atoms with Crippen molar-refractivity contribution in [3.8, 4) is 36.2 Å². The monoisotopic (exact) mass is 437 g/mol. The van der Waals surface area contributed by atoms with Crippen LogP contribution in [0.2, 0.25) is 0 Å². The quantitative estimate of drug-likeness (QED) is 0.415. The van der Waals surface area contributed by atoms with Gasteiger partial charge in [0.15, 0.2) is 17.6 Å². The Bertz CT molecular complexity index is 1080. The number of allylic oxidation sites excluding steroid dienone is 1. The minimum Gasteiger partial charge on any atom is -0.497 e. The number of esters is 2. The van der Waals surface area contributed by atoms with Gasteiger partial charge in [-0.2, -0.15) is 0 Å². The van der Waals surface area contributed by atoms with Gasteiger partial charge in [0, 0.05) is 12.1 Å². The lowest BCUT2D eigenvalue weighted by molar-refractivity contribution is -0.155. The Morgan fingerprint density at radius 3 is 2.56 bits per heavy atom. The van der Waals surface area contributed by atoms with E-state index < -0.39 is 29.4 Å². The first kappa shape index (κ1) is 24.1. The largest absolute Gasteiger partial charge is 0.497 e. The Kier molecular flexibility index (Phi) is 7.35. The number of anilines is 1. The summed E-state index contributed by atoms with van der Waals surface area (Å²) in [4.78, 5) is 37.2. The minimum atomic E-state index is -1.16. The number of carbonyl (C=O) groups excluding carboxylic acids is 3. The van der Waals surface area contributed by atoms with Crippen molar-refractivity contribution >= 4 is 23.5 Å². The summed E-state index contributed by atoms with van der Waals surface area (Å²) in [6.07, 6.45) is 10.9. The topological polar surface area (TPSA) is 100 Å². The SMILES string of the molecule is C#C/C=C(/C#C)[C@H](COC(=O)C(C)(C)C)OC(=O)c1cc(OC)cc2c1NC(=O)C(=C)O2. The second-order valence-electron chi connectivity index (χ2n) is 7.68. The first-order valence-corrected chi connectivity index (χ1v) is 9.43. The molecule has 8 nitrogen and oxygen atoms in total. The van der Waals surface area contributed by atoms with E-state index in [0.29, 0.717) is 0 Å². The number of nitrogens with one attached hydrogen (secondary N) is 1. The number of benzene rings is 1. The highest BCUT2D eigenvalue weighted by Gasteiger charge is 2.31. The van der Waals surface area contributed by atoms with Crippen molar-refractivity contribution in [3.05, 3.63) is 41.7 Å². The van der Waals surface area contributed by atoms with E-state index in [2.05, 4.69) is 23.7 Å². The van der Waals surface area contributed by atoms with Gasteiger partial charge in [0.25, 0.3) is 5.91 Å². The minimum absolute atomic E-state index is 0.0653. The van der Waals surface area contributed by atoms with E-state index >= 15 is 0 Å². The summed E-state index contributed by atoms with van der Waals surface area (Å²) in [6.45, 7) is 8.17. The molecule has 0 saturated carbocycles. The molecule has 1 amide bonds. The van der Waals surface area contributed by atoms with Gasteiger partial charge < -0.3 is 24.3 Å². The van der Waals surface area contributed by atoms with E-state index in [4.69, 9.17) is 31.8 Å². The van der Waals surface area contributed by atoms with E-state index in [9.17, 15) is 14.4 Å². The zero-order valence-electron chi connectivity index (χ0n) is 18.2. The molecule has 1 aliphatic rings. The predicted octanol–water partition coefficient (Wildman–Crippen LogP) is 2.85. The van der Waals surface area contributed by atoms with Gasteiger partial charge in [-0.15, -0.1) is 12.8 Å². The molecule has 0 unspecified atom stereocenters. The third kappa shape index (κ3) is 5.50. The fraction of sp³-hybridized carbons (Fsp3) is 0.292. The van der Waals surface area contributed by atoms with E-state index in [1.54, 1.807) is 20.8 Å². The van der Waals surface area contributed by atoms with Crippen LogP contribution >= 0.6 is 0 Å². The van der Waals surface area contributed by atoms with Crippen molar-refractivity contribution in [1.29, 1.82) is 0 Å². The molecule has 0 fully saturated rings. The van der Waals surface area contributed by atoms with Crippen LogP contribution < -0.4 is 14.8 Å². The Morgan fingerprint density at radius 1 is 1.31 bits per heavy atom. The molecule has 0 bridgehead atoms. The maximum Gasteiger partial charge on any atom is 0.341 e. The molecule has 1 aromatic carbocycles. The van der Waals surface area contributed by atoms with Crippen molar-refractivity contribution in [1.82, 2.24) is 0 Å². The van der Waals surface area contributed by atoms with Gasteiger partial charge in [0.1, 0.15) is 12.4 Å². The average Bonchev–Trinajstić information content (AvgIpc) is 2.74. The summed E-state index contributed by atoms with van der Waals surface area (Å²) in [7, 11) is 1.40. The van der Waals surface area contributed by atoms with E-state index in [-0.39, 0.29) is 40.7 Å². The van der Waals surface area contributed by atoms with Crippen LogP contribution in [0, 0.1) is 30.1 Å². The molecular weight excluding hydrogens is 414 g/mol. The van der Waals surface area contributed by atoms with E-state index in [1.807, 2.05) is 0 Å². The highest BCUT2D eigenvalue weighted by atomic mass is 16.6. The highest BCUT2D eigenvalue weighted by Crippen LogP contribution is 2.38. The predicted molar refractivity (Wildman–Crippen MR) is 117 cm³/mol. The van der Waals surface area contributed by atoms with Crippen LogP contribution in [0.1, 0.15) is 31.1 Å². The third-order valence-electron chi connectivity index (χ3n) is 4.24. The van der Waals surface area contributed by atoms with Crippen molar-refractivity contribution in [2.24, 2.45) is 5.41 Å². The van der Waals surface area contributed by atoms with Crippen LogP contribution in [0.15, 0.2) is 36.1 Å². The normalized spacial score (nSPS) is 14.0. The summed E-state index contributed by atoms with van der Waals surface area (Å²) >= 11 is 0. The molecular formula is C24H23NO7. The van der Waals surface area contributed by atoms with Crippen LogP contribution in [0.25, 0.3) is 0 Å². The molecule has 0 spiro atoms. The second-order valence-corrected chi connectivity index (χ2v) is 7.68. The van der Waals surface area contributed by atoms with Gasteiger partial charge in [-0.1, -0.05) is 18.4 Å². The molecule has 32 heavy (non-hydrogen) atoms. The summed E-state index contributed by atoms with van der Waals surface area (Å²) in [6, 6.07) is 2.84. The summed E-state index contributed by atoms with van der Waals surface area (Å²) in [5.41, 5.74) is -0.657. The Labute approximate surface area is 186 Å². The van der Waals surface area contributed by atoms with Crippen LogP contribution in [0.4, 0.5) is 5.69 Å². The molecule has 1 heterocycles. The summed E-state index contributed by atoms with van der Waals surface area (Å²) in [5.74, 6) is 2.85. The van der Waals surface area contributed by atoms with Crippen molar-refractivity contribution in [3.63, 3.8) is 0 Å².